The van der Waals surface area contributed by atoms with Crippen molar-refractivity contribution in [2.45, 2.75) is 13.0 Å². The molecule has 0 radical (unpaired) electrons. The molecule has 1 unspecified atom stereocenters. The van der Waals surface area contributed by atoms with Crippen LogP contribution in [0.5, 0.6) is 11.5 Å². The van der Waals surface area contributed by atoms with E-state index in [0.717, 1.165) is 0 Å². The average Bonchev–Trinajstić information content (AvgIpc) is 3.04. The molecular weight excluding hydrogens is 369 g/mol. The number of nitrogens with one attached hydrogen (secondary N) is 1. The zero-order chi connectivity index (χ0) is 18.0. The van der Waals surface area contributed by atoms with Gasteiger partial charge in [0, 0.05) is 11.8 Å². The Morgan fingerprint density at radius 3 is 2.60 bits per heavy atom. The number of ether oxygens (including phenoxy) is 3. The standard InChI is InChI=1S/C17H13Cl2NO5/c1-9(25-17(22)10-2-4-12(18)13(19)6-10)16(21)20-11-3-5-14-15(7-11)24-8-23-14/h2-7,9H,8H2,1H3,(H,20,21). The summed E-state index contributed by atoms with van der Waals surface area (Å²) in [7, 11) is 0. The van der Waals surface area contributed by atoms with E-state index in [2.05, 4.69) is 5.32 Å². The van der Waals surface area contributed by atoms with Gasteiger partial charge >= 0.3 is 5.97 Å². The highest BCUT2D eigenvalue weighted by Crippen LogP contribution is 2.34. The fraction of sp³-hybridized carbons (Fsp3) is 0.176. The Morgan fingerprint density at radius 1 is 1.08 bits per heavy atom. The quantitative estimate of drug-likeness (QED) is 0.812. The molecular formula is C17H13Cl2NO5. The van der Waals surface area contributed by atoms with Gasteiger partial charge in [0.2, 0.25) is 6.79 Å². The van der Waals surface area contributed by atoms with Crippen LogP contribution in [0.25, 0.3) is 0 Å². The lowest BCUT2D eigenvalue weighted by molar-refractivity contribution is -0.123. The molecule has 6 nitrogen and oxygen atoms in total. The Labute approximate surface area is 153 Å². The largest absolute Gasteiger partial charge is 0.454 e. The molecule has 2 aromatic rings. The maximum Gasteiger partial charge on any atom is 0.338 e. The summed E-state index contributed by atoms with van der Waals surface area (Å²) < 4.78 is 15.6. The van der Waals surface area contributed by atoms with Crippen LogP contribution in [0.3, 0.4) is 0 Å². The van der Waals surface area contributed by atoms with Gasteiger partial charge in [0.05, 0.1) is 15.6 Å². The Hall–Kier alpha value is -2.44. The molecule has 3 rings (SSSR count). The van der Waals surface area contributed by atoms with E-state index in [-0.39, 0.29) is 17.4 Å². The van der Waals surface area contributed by atoms with E-state index in [1.54, 1.807) is 18.2 Å². The predicted octanol–water partition coefficient (Wildman–Crippen LogP) is 3.91. The number of hydrogen-bond acceptors (Lipinski definition) is 5. The summed E-state index contributed by atoms with van der Waals surface area (Å²) in [5, 5.41) is 3.21. The monoisotopic (exact) mass is 381 g/mol. The molecule has 1 atom stereocenters. The fourth-order valence-corrected chi connectivity index (χ4v) is 2.42. The van der Waals surface area contributed by atoms with Crippen molar-refractivity contribution >= 4 is 40.8 Å². The van der Waals surface area contributed by atoms with E-state index in [1.807, 2.05) is 0 Å². The molecule has 0 fully saturated rings. The van der Waals surface area contributed by atoms with Crippen molar-refractivity contribution in [2.24, 2.45) is 0 Å². The van der Waals surface area contributed by atoms with Crippen LogP contribution in [-0.2, 0) is 9.53 Å². The Balaban J connectivity index is 1.62. The summed E-state index contributed by atoms with van der Waals surface area (Å²) in [6, 6.07) is 9.32. The predicted molar refractivity (Wildman–Crippen MR) is 92.5 cm³/mol. The van der Waals surface area contributed by atoms with Gasteiger partial charge in [0.25, 0.3) is 5.91 Å². The van der Waals surface area contributed by atoms with Crippen molar-refractivity contribution in [2.75, 3.05) is 12.1 Å². The van der Waals surface area contributed by atoms with Gasteiger partial charge in [0.1, 0.15) is 0 Å². The molecule has 0 aromatic heterocycles. The van der Waals surface area contributed by atoms with Crippen LogP contribution in [0.4, 0.5) is 5.69 Å². The lowest BCUT2D eigenvalue weighted by atomic mass is 10.2. The van der Waals surface area contributed by atoms with E-state index < -0.39 is 18.0 Å². The van der Waals surface area contributed by atoms with Crippen LogP contribution in [0.1, 0.15) is 17.3 Å². The van der Waals surface area contributed by atoms with Gasteiger partial charge in [0.15, 0.2) is 17.6 Å². The van der Waals surface area contributed by atoms with E-state index in [4.69, 9.17) is 37.4 Å². The van der Waals surface area contributed by atoms with E-state index in [1.165, 1.54) is 25.1 Å². The molecule has 1 heterocycles. The normalized spacial score (nSPS) is 13.2. The van der Waals surface area contributed by atoms with Crippen LogP contribution >= 0.6 is 23.2 Å². The van der Waals surface area contributed by atoms with E-state index >= 15 is 0 Å². The first-order valence-electron chi connectivity index (χ1n) is 7.30. The highest BCUT2D eigenvalue weighted by Gasteiger charge is 2.21. The second kappa shape index (κ2) is 7.21. The van der Waals surface area contributed by atoms with Gasteiger partial charge < -0.3 is 19.5 Å². The zero-order valence-electron chi connectivity index (χ0n) is 13.0. The number of hydrogen-bond donors (Lipinski definition) is 1. The average molecular weight is 382 g/mol. The smallest absolute Gasteiger partial charge is 0.338 e. The summed E-state index contributed by atoms with van der Waals surface area (Å²) in [5.41, 5.74) is 0.712. The first-order chi connectivity index (χ1) is 11.9. The van der Waals surface area contributed by atoms with Gasteiger partial charge in [-0.05, 0) is 37.3 Å². The van der Waals surface area contributed by atoms with Crippen molar-refractivity contribution in [3.05, 3.63) is 52.0 Å². The van der Waals surface area contributed by atoms with Gasteiger partial charge in [-0.3, -0.25) is 4.79 Å². The van der Waals surface area contributed by atoms with Crippen molar-refractivity contribution in [1.29, 1.82) is 0 Å². The molecule has 2 aromatic carbocycles. The first kappa shape index (κ1) is 17.4. The molecule has 1 aliphatic heterocycles. The highest BCUT2D eigenvalue weighted by atomic mass is 35.5. The molecule has 1 amide bonds. The molecule has 1 N–H and O–H groups in total. The molecule has 0 aliphatic carbocycles. The number of benzene rings is 2. The lowest BCUT2D eigenvalue weighted by Gasteiger charge is -2.14. The van der Waals surface area contributed by atoms with Crippen molar-refractivity contribution in [1.82, 2.24) is 0 Å². The summed E-state index contributed by atoms with van der Waals surface area (Å²) in [6.45, 7) is 1.61. The molecule has 8 heteroatoms. The summed E-state index contributed by atoms with van der Waals surface area (Å²) in [6.07, 6.45) is -1.01. The van der Waals surface area contributed by atoms with E-state index in [9.17, 15) is 9.59 Å². The minimum atomic E-state index is -1.01. The second-order valence-electron chi connectivity index (χ2n) is 5.23. The van der Waals surface area contributed by atoms with E-state index in [0.29, 0.717) is 22.2 Å². The molecule has 0 saturated heterocycles. The minimum Gasteiger partial charge on any atom is -0.454 e. The number of esters is 1. The summed E-state index contributed by atoms with van der Waals surface area (Å²) >= 11 is 11.7. The third-order valence-electron chi connectivity index (χ3n) is 3.45. The number of amides is 1. The summed E-state index contributed by atoms with van der Waals surface area (Å²) in [4.78, 5) is 24.3. The zero-order valence-corrected chi connectivity index (χ0v) is 14.6. The number of carbonyl (C=O) groups is 2. The lowest BCUT2D eigenvalue weighted by Crippen LogP contribution is -2.30. The van der Waals surface area contributed by atoms with Crippen LogP contribution in [0.2, 0.25) is 10.0 Å². The Kier molecular flexibility index (Phi) is 5.01. The number of rotatable bonds is 4. The van der Waals surface area contributed by atoms with Crippen molar-refractivity contribution < 1.29 is 23.8 Å². The van der Waals surface area contributed by atoms with Crippen molar-refractivity contribution in [3.63, 3.8) is 0 Å². The maximum atomic E-state index is 12.2. The Bertz CT molecular complexity index is 840. The molecule has 130 valence electrons. The molecule has 0 spiro atoms. The summed E-state index contributed by atoms with van der Waals surface area (Å²) in [5.74, 6) is -0.00507. The number of halogens is 2. The highest BCUT2D eigenvalue weighted by molar-refractivity contribution is 6.42. The topological polar surface area (TPSA) is 73.9 Å². The van der Waals surface area contributed by atoms with Gasteiger partial charge in [-0.15, -0.1) is 0 Å². The number of fused-ring (bicyclic) bond motifs is 1. The number of anilines is 1. The fourth-order valence-electron chi connectivity index (χ4n) is 2.12. The van der Waals surface area contributed by atoms with Gasteiger partial charge in [-0.1, -0.05) is 23.2 Å². The molecule has 25 heavy (non-hydrogen) atoms. The third-order valence-corrected chi connectivity index (χ3v) is 4.19. The minimum absolute atomic E-state index is 0.143. The van der Waals surface area contributed by atoms with Crippen LogP contribution in [0.15, 0.2) is 36.4 Å². The van der Waals surface area contributed by atoms with Crippen LogP contribution < -0.4 is 14.8 Å². The molecule has 0 saturated carbocycles. The first-order valence-corrected chi connectivity index (χ1v) is 8.06. The SMILES string of the molecule is CC(OC(=O)c1ccc(Cl)c(Cl)c1)C(=O)Nc1ccc2c(c1)OCO2. The second-order valence-corrected chi connectivity index (χ2v) is 6.05. The molecule has 1 aliphatic rings. The van der Waals surface area contributed by atoms with Gasteiger partial charge in [-0.2, -0.15) is 0 Å². The van der Waals surface area contributed by atoms with Crippen LogP contribution in [-0.4, -0.2) is 24.8 Å². The Morgan fingerprint density at radius 2 is 1.84 bits per heavy atom. The maximum absolute atomic E-state index is 12.2. The van der Waals surface area contributed by atoms with Crippen molar-refractivity contribution in [3.8, 4) is 11.5 Å². The molecule has 0 bridgehead atoms. The third kappa shape index (κ3) is 3.97. The van der Waals surface area contributed by atoms with Crippen LogP contribution in [0, 0.1) is 0 Å². The number of carbonyl (C=O) groups excluding carboxylic acids is 2. The van der Waals surface area contributed by atoms with Gasteiger partial charge in [-0.25, -0.2) is 4.79 Å².